The molecule has 238 valence electrons. The summed E-state index contributed by atoms with van der Waals surface area (Å²) in [7, 11) is -4.22. The highest BCUT2D eigenvalue weighted by molar-refractivity contribution is 7.98. The summed E-state index contributed by atoms with van der Waals surface area (Å²) >= 11 is 14.5. The Labute approximate surface area is 275 Å². The maximum Gasteiger partial charge on any atom is 0.264 e. The Morgan fingerprint density at radius 1 is 0.955 bits per heavy atom. The molecule has 0 heterocycles. The number of sulfonamides is 1. The number of benzene rings is 3. The van der Waals surface area contributed by atoms with Crippen LogP contribution < -0.4 is 14.4 Å². The summed E-state index contributed by atoms with van der Waals surface area (Å²) in [4.78, 5) is 30.1. The zero-order valence-electron chi connectivity index (χ0n) is 25.8. The molecule has 0 radical (unpaired) electrons. The first-order valence-electron chi connectivity index (χ1n) is 14.2. The smallest absolute Gasteiger partial charge is 0.264 e. The van der Waals surface area contributed by atoms with Crippen LogP contribution in [0.2, 0.25) is 10.0 Å². The Bertz CT molecular complexity index is 1520. The number of anilines is 1. The first-order chi connectivity index (χ1) is 20.7. The molecule has 1 atom stereocenters. The predicted octanol–water partition coefficient (Wildman–Crippen LogP) is 7.03. The Hall–Kier alpha value is -2.92. The average molecular weight is 681 g/mol. The topological polar surface area (TPSA) is 96.0 Å². The van der Waals surface area contributed by atoms with Gasteiger partial charge in [0.05, 0.1) is 17.2 Å². The molecule has 0 saturated carbocycles. The fourth-order valence-electron chi connectivity index (χ4n) is 4.51. The normalized spacial score (nSPS) is 12.4. The second-order valence-electron chi connectivity index (χ2n) is 11.0. The van der Waals surface area contributed by atoms with Crippen LogP contribution in [0.25, 0.3) is 0 Å². The van der Waals surface area contributed by atoms with Gasteiger partial charge in [0.15, 0.2) is 0 Å². The molecule has 3 aromatic rings. The second-order valence-corrected chi connectivity index (χ2v) is 14.6. The fraction of sp³-hybridized carbons (Fsp3) is 0.375. The molecule has 0 aliphatic carbocycles. The Morgan fingerprint density at radius 2 is 1.55 bits per heavy atom. The van der Waals surface area contributed by atoms with E-state index in [-0.39, 0.29) is 29.5 Å². The van der Waals surface area contributed by atoms with E-state index in [1.54, 1.807) is 61.5 Å². The molecule has 0 aliphatic rings. The lowest BCUT2D eigenvalue weighted by Crippen LogP contribution is -2.55. The van der Waals surface area contributed by atoms with E-state index in [4.69, 9.17) is 27.9 Å². The number of thioether (sulfide) groups is 1. The number of rotatable bonds is 13. The van der Waals surface area contributed by atoms with E-state index in [9.17, 15) is 18.0 Å². The van der Waals surface area contributed by atoms with Crippen molar-refractivity contribution in [3.05, 3.63) is 82.3 Å². The molecule has 0 spiro atoms. The number of hydrogen-bond donors (Lipinski definition) is 1. The largest absolute Gasteiger partial charge is 0.494 e. The minimum atomic E-state index is -4.22. The van der Waals surface area contributed by atoms with Crippen LogP contribution in [0.3, 0.4) is 0 Å². The monoisotopic (exact) mass is 679 g/mol. The van der Waals surface area contributed by atoms with Crippen molar-refractivity contribution in [2.75, 3.05) is 23.7 Å². The molecule has 0 bridgehead atoms. The van der Waals surface area contributed by atoms with Crippen LogP contribution >= 0.6 is 35.0 Å². The van der Waals surface area contributed by atoms with Gasteiger partial charge in [-0.25, -0.2) is 8.42 Å². The van der Waals surface area contributed by atoms with Gasteiger partial charge in [0.25, 0.3) is 10.0 Å². The van der Waals surface area contributed by atoms with Crippen molar-refractivity contribution in [1.29, 1.82) is 0 Å². The maximum atomic E-state index is 14.3. The van der Waals surface area contributed by atoms with E-state index in [0.29, 0.717) is 28.0 Å². The SMILES string of the molecule is CCOc1ccc(N(CC(=O)N(Cc2c(Cl)cccc2Cl)[C@@H](CC)C(=O)NC(C)(C)C)S(=O)(=O)c2ccc(SC)cc2)cc1. The van der Waals surface area contributed by atoms with Crippen LogP contribution in [0.1, 0.15) is 46.6 Å². The Balaban J connectivity index is 2.12. The van der Waals surface area contributed by atoms with Gasteiger partial charge >= 0.3 is 0 Å². The number of nitrogens with one attached hydrogen (secondary N) is 1. The van der Waals surface area contributed by atoms with Crippen molar-refractivity contribution in [3.8, 4) is 5.75 Å². The van der Waals surface area contributed by atoms with E-state index < -0.39 is 34.1 Å². The van der Waals surface area contributed by atoms with Crippen molar-refractivity contribution < 1.29 is 22.7 Å². The van der Waals surface area contributed by atoms with Crippen LogP contribution in [0.4, 0.5) is 5.69 Å². The lowest BCUT2D eigenvalue weighted by molar-refractivity contribution is -0.141. The number of halogens is 2. The number of amides is 2. The summed E-state index contributed by atoms with van der Waals surface area (Å²) in [6.45, 7) is 8.92. The summed E-state index contributed by atoms with van der Waals surface area (Å²) in [6.07, 6.45) is 2.16. The van der Waals surface area contributed by atoms with Gasteiger partial charge in [0, 0.05) is 32.6 Å². The lowest BCUT2D eigenvalue weighted by atomic mass is 10.1. The summed E-state index contributed by atoms with van der Waals surface area (Å²) in [5.74, 6) is -0.418. The summed E-state index contributed by atoms with van der Waals surface area (Å²) < 4.78 is 34.8. The molecular weight excluding hydrogens is 641 g/mol. The first kappa shape index (κ1) is 35.6. The van der Waals surface area contributed by atoms with Gasteiger partial charge in [-0.3, -0.25) is 13.9 Å². The van der Waals surface area contributed by atoms with Crippen molar-refractivity contribution in [2.45, 2.75) is 69.0 Å². The number of carbonyl (C=O) groups is 2. The number of nitrogens with zero attached hydrogens (tertiary/aromatic N) is 2. The van der Waals surface area contributed by atoms with Crippen LogP contribution in [0.15, 0.2) is 76.5 Å². The molecule has 3 aromatic carbocycles. The van der Waals surface area contributed by atoms with E-state index in [1.165, 1.54) is 28.8 Å². The molecule has 44 heavy (non-hydrogen) atoms. The third-order valence-electron chi connectivity index (χ3n) is 6.64. The summed E-state index contributed by atoms with van der Waals surface area (Å²) in [5.41, 5.74) is 0.148. The van der Waals surface area contributed by atoms with E-state index in [2.05, 4.69) is 5.32 Å². The molecule has 1 N–H and O–H groups in total. The standard InChI is InChI=1S/C32H39Cl2N3O5S2/c1-7-29(31(39)35-32(3,4)5)36(20-26-27(33)10-9-11-28(26)34)30(38)21-37(22-12-14-23(15-13-22)42-8-2)44(40,41)25-18-16-24(43-6)17-19-25/h9-19,29H,7-8,20-21H2,1-6H3,(H,35,39)/t29-/m0/s1. The van der Waals surface area contributed by atoms with Crippen molar-refractivity contribution in [1.82, 2.24) is 10.2 Å². The van der Waals surface area contributed by atoms with Crippen LogP contribution in [-0.4, -0.2) is 56.1 Å². The van der Waals surface area contributed by atoms with E-state index in [1.807, 2.05) is 34.0 Å². The zero-order valence-corrected chi connectivity index (χ0v) is 28.9. The average Bonchev–Trinajstić information content (AvgIpc) is 2.97. The second kappa shape index (κ2) is 15.4. The molecular formula is C32H39Cl2N3O5S2. The molecule has 3 rings (SSSR count). The van der Waals surface area contributed by atoms with Gasteiger partial charge in [-0.15, -0.1) is 11.8 Å². The van der Waals surface area contributed by atoms with Crippen molar-refractivity contribution in [2.24, 2.45) is 0 Å². The van der Waals surface area contributed by atoms with Gasteiger partial charge in [-0.2, -0.15) is 0 Å². The molecule has 2 amide bonds. The molecule has 12 heteroatoms. The number of carbonyl (C=O) groups excluding carboxylic acids is 2. The molecule has 0 fully saturated rings. The molecule has 0 aliphatic heterocycles. The highest BCUT2D eigenvalue weighted by Crippen LogP contribution is 2.30. The minimum absolute atomic E-state index is 0.0233. The lowest BCUT2D eigenvalue weighted by Gasteiger charge is -2.35. The highest BCUT2D eigenvalue weighted by atomic mass is 35.5. The third kappa shape index (κ3) is 9.06. The van der Waals surface area contributed by atoms with Gasteiger partial charge in [0.2, 0.25) is 11.8 Å². The van der Waals surface area contributed by atoms with Crippen LogP contribution in [0.5, 0.6) is 5.75 Å². The highest BCUT2D eigenvalue weighted by Gasteiger charge is 2.35. The maximum absolute atomic E-state index is 14.3. The molecule has 0 unspecified atom stereocenters. The molecule has 0 saturated heterocycles. The third-order valence-corrected chi connectivity index (χ3v) is 9.88. The van der Waals surface area contributed by atoms with Crippen LogP contribution in [-0.2, 0) is 26.2 Å². The van der Waals surface area contributed by atoms with Crippen molar-refractivity contribution >= 4 is 62.5 Å². The Kier molecular flexibility index (Phi) is 12.4. The summed E-state index contributed by atoms with van der Waals surface area (Å²) in [6, 6.07) is 17.0. The minimum Gasteiger partial charge on any atom is -0.494 e. The first-order valence-corrected chi connectivity index (χ1v) is 17.6. The van der Waals surface area contributed by atoms with Crippen molar-refractivity contribution in [3.63, 3.8) is 0 Å². The van der Waals surface area contributed by atoms with Gasteiger partial charge in [-0.1, -0.05) is 36.2 Å². The van der Waals surface area contributed by atoms with Crippen LogP contribution in [0, 0.1) is 0 Å². The number of ether oxygens (including phenoxy) is 1. The summed E-state index contributed by atoms with van der Waals surface area (Å²) in [5, 5.41) is 3.59. The predicted molar refractivity (Wildman–Crippen MR) is 179 cm³/mol. The van der Waals surface area contributed by atoms with Gasteiger partial charge in [0.1, 0.15) is 18.3 Å². The van der Waals surface area contributed by atoms with E-state index >= 15 is 0 Å². The molecule has 0 aromatic heterocycles. The van der Waals surface area contributed by atoms with E-state index in [0.717, 1.165) is 9.20 Å². The quantitative estimate of drug-likeness (QED) is 0.195. The number of hydrogen-bond acceptors (Lipinski definition) is 6. The van der Waals surface area contributed by atoms with Gasteiger partial charge in [-0.05, 0) is 101 Å². The molecule has 8 nitrogen and oxygen atoms in total. The van der Waals surface area contributed by atoms with Gasteiger partial charge < -0.3 is 15.0 Å². The Morgan fingerprint density at radius 3 is 2.05 bits per heavy atom. The zero-order chi connectivity index (χ0) is 32.7. The fourth-order valence-corrected chi connectivity index (χ4v) is 6.84.